The maximum atomic E-state index is 13.2. The number of aromatic nitrogens is 1. The number of carbonyl (C=O) groups is 2. The monoisotopic (exact) mass is 367 g/mol. The van der Waals surface area contributed by atoms with Crippen LogP contribution in [0.3, 0.4) is 0 Å². The fraction of sp³-hybridized carbons (Fsp3) is 0.316. The summed E-state index contributed by atoms with van der Waals surface area (Å²) in [6, 6.07) is 8.86. The van der Waals surface area contributed by atoms with E-state index in [0.717, 1.165) is 19.1 Å². The highest BCUT2D eigenvalue weighted by Crippen LogP contribution is 2.32. The number of rotatable bonds is 6. The molecule has 1 aromatic carbocycles. The van der Waals surface area contributed by atoms with Crippen molar-refractivity contribution >= 4 is 30.3 Å². The number of likely N-dealkylation sites (tertiary alicyclic amines) is 1. The fourth-order valence-corrected chi connectivity index (χ4v) is 3.24. The molecule has 3 rings (SSSR count). The lowest BCUT2D eigenvalue weighted by atomic mass is 9.90. The fourth-order valence-electron chi connectivity index (χ4n) is 3.24. The smallest absolute Gasteiger partial charge is 0.256 e. The maximum Gasteiger partial charge on any atom is 0.256 e. The molecule has 2 N–H and O–H groups in total. The van der Waals surface area contributed by atoms with Crippen LogP contribution >= 0.6 is 0 Å². The Balaban J connectivity index is 1.81. The number of hydrogen-bond acceptors (Lipinski definition) is 7. The molecule has 1 aliphatic rings. The molecule has 0 bridgehead atoms. The minimum Gasteiger partial charge on any atom is -0.360 e. The van der Waals surface area contributed by atoms with E-state index in [0.29, 0.717) is 29.8 Å². The van der Waals surface area contributed by atoms with Gasteiger partial charge in [0.05, 0.1) is 17.5 Å². The topological polar surface area (TPSA) is 112 Å². The Morgan fingerprint density at radius 2 is 2.22 bits per heavy atom. The van der Waals surface area contributed by atoms with Gasteiger partial charge in [-0.2, -0.15) is 5.10 Å². The van der Waals surface area contributed by atoms with Crippen LogP contribution in [0.4, 0.5) is 5.69 Å². The summed E-state index contributed by atoms with van der Waals surface area (Å²) in [5.74, 6) is 0.529. The lowest BCUT2D eigenvalue weighted by Gasteiger charge is -2.37. The van der Waals surface area contributed by atoms with E-state index in [1.54, 1.807) is 24.3 Å². The summed E-state index contributed by atoms with van der Waals surface area (Å²) >= 11 is 0. The molecule has 0 aliphatic carbocycles. The summed E-state index contributed by atoms with van der Waals surface area (Å²) in [6.45, 7) is 2.51. The first kappa shape index (κ1) is 18.5. The second-order valence-corrected chi connectivity index (χ2v) is 6.46. The molecule has 8 nitrogen and oxygen atoms in total. The van der Waals surface area contributed by atoms with Gasteiger partial charge in [0.1, 0.15) is 11.5 Å². The van der Waals surface area contributed by atoms with Crippen molar-refractivity contribution < 1.29 is 14.1 Å². The third-order valence-corrected chi connectivity index (χ3v) is 4.70. The minimum absolute atomic E-state index is 0.00223. The second-order valence-electron chi connectivity index (χ2n) is 6.46. The van der Waals surface area contributed by atoms with E-state index in [4.69, 9.17) is 9.93 Å². The van der Waals surface area contributed by atoms with Crippen molar-refractivity contribution in [2.75, 3.05) is 12.0 Å². The molecule has 1 saturated heterocycles. The molecular formula is C19H21N5O3. The van der Waals surface area contributed by atoms with Gasteiger partial charge in [-0.25, -0.2) is 0 Å². The SMILES string of the molecule is C[C@@H]1CC[C@@H](c2cc(C=O)no2)CN1C(=O)c1ccccc1N/N=C\C=N. The summed E-state index contributed by atoms with van der Waals surface area (Å²) in [5, 5.41) is 14.6. The summed E-state index contributed by atoms with van der Waals surface area (Å²) in [4.78, 5) is 25.8. The lowest BCUT2D eigenvalue weighted by Crippen LogP contribution is -2.45. The third-order valence-electron chi connectivity index (χ3n) is 4.70. The first-order valence-corrected chi connectivity index (χ1v) is 8.74. The van der Waals surface area contributed by atoms with Gasteiger partial charge < -0.3 is 14.8 Å². The van der Waals surface area contributed by atoms with Crippen molar-refractivity contribution in [3.05, 3.63) is 47.3 Å². The van der Waals surface area contributed by atoms with E-state index in [2.05, 4.69) is 15.7 Å². The molecule has 0 radical (unpaired) electrons. The van der Waals surface area contributed by atoms with Gasteiger partial charge in [-0.05, 0) is 31.9 Å². The van der Waals surface area contributed by atoms with Crippen LogP contribution in [0.25, 0.3) is 0 Å². The highest BCUT2D eigenvalue weighted by molar-refractivity contribution is 6.14. The number of aldehydes is 1. The number of hydrazone groups is 1. The Hall–Kier alpha value is -3.29. The molecule has 27 heavy (non-hydrogen) atoms. The van der Waals surface area contributed by atoms with Crippen LogP contribution in [0.2, 0.25) is 0 Å². The van der Waals surface area contributed by atoms with Gasteiger partial charge in [0.25, 0.3) is 5.91 Å². The largest absolute Gasteiger partial charge is 0.360 e. The van der Waals surface area contributed by atoms with Gasteiger partial charge in [-0.1, -0.05) is 17.3 Å². The van der Waals surface area contributed by atoms with Crippen LogP contribution in [0.15, 0.2) is 40.0 Å². The van der Waals surface area contributed by atoms with Crippen molar-refractivity contribution in [1.29, 1.82) is 5.41 Å². The number of benzene rings is 1. The number of piperidine rings is 1. The highest BCUT2D eigenvalue weighted by Gasteiger charge is 2.33. The van der Waals surface area contributed by atoms with Crippen LogP contribution in [0, 0.1) is 5.41 Å². The second kappa shape index (κ2) is 8.39. The Morgan fingerprint density at radius 3 is 2.96 bits per heavy atom. The Labute approximate surface area is 156 Å². The molecular weight excluding hydrogens is 346 g/mol. The molecule has 0 unspecified atom stereocenters. The van der Waals surface area contributed by atoms with Gasteiger partial charge in [-0.15, -0.1) is 0 Å². The van der Waals surface area contributed by atoms with Gasteiger partial charge in [0.15, 0.2) is 6.29 Å². The number of para-hydroxylation sites is 1. The third kappa shape index (κ3) is 4.11. The first-order chi connectivity index (χ1) is 13.1. The normalized spacial score (nSPS) is 19.8. The summed E-state index contributed by atoms with van der Waals surface area (Å²) in [7, 11) is 0. The number of nitrogens with one attached hydrogen (secondary N) is 2. The average molecular weight is 367 g/mol. The van der Waals surface area contributed by atoms with E-state index in [-0.39, 0.29) is 23.6 Å². The zero-order valence-corrected chi connectivity index (χ0v) is 15.0. The molecule has 1 aliphatic heterocycles. The van der Waals surface area contributed by atoms with E-state index in [9.17, 15) is 9.59 Å². The molecule has 2 heterocycles. The molecule has 140 valence electrons. The number of anilines is 1. The van der Waals surface area contributed by atoms with Gasteiger partial charge >= 0.3 is 0 Å². The van der Waals surface area contributed by atoms with E-state index in [1.165, 1.54) is 6.21 Å². The average Bonchev–Trinajstić information content (AvgIpc) is 3.18. The zero-order chi connectivity index (χ0) is 19.2. The standard InChI is InChI=1S/C19H21N5O3/c1-13-6-7-14(18-10-15(12-25)23-27-18)11-24(13)19(26)16-4-2-3-5-17(16)22-21-9-8-20/h2-5,8-10,12-14,20,22H,6-7,11H2,1H3/b20-8?,21-9-/t13-,14-/m1/s1. The van der Waals surface area contributed by atoms with Crippen molar-refractivity contribution in [3.63, 3.8) is 0 Å². The first-order valence-electron chi connectivity index (χ1n) is 8.74. The van der Waals surface area contributed by atoms with Crippen molar-refractivity contribution in [3.8, 4) is 0 Å². The molecule has 2 atom stereocenters. The maximum absolute atomic E-state index is 13.2. The number of carbonyl (C=O) groups excluding carboxylic acids is 2. The molecule has 0 saturated carbocycles. The number of hydrogen-bond donors (Lipinski definition) is 2. The van der Waals surface area contributed by atoms with Crippen molar-refractivity contribution in [2.24, 2.45) is 5.10 Å². The Kier molecular flexibility index (Phi) is 5.75. The van der Waals surface area contributed by atoms with Crippen molar-refractivity contribution in [2.45, 2.75) is 31.7 Å². The van der Waals surface area contributed by atoms with E-state index >= 15 is 0 Å². The summed E-state index contributed by atoms with van der Waals surface area (Å²) in [6.07, 6.45) is 4.70. The Bertz CT molecular complexity index is 861. The zero-order valence-electron chi connectivity index (χ0n) is 15.0. The molecule has 0 spiro atoms. The van der Waals surface area contributed by atoms with Gasteiger partial charge in [-0.3, -0.25) is 15.0 Å². The quantitative estimate of drug-likeness (QED) is 0.463. The summed E-state index contributed by atoms with van der Waals surface area (Å²) < 4.78 is 5.28. The van der Waals surface area contributed by atoms with Crippen LogP contribution in [0.5, 0.6) is 0 Å². The molecule has 2 aromatic rings. The van der Waals surface area contributed by atoms with Crippen molar-refractivity contribution in [1.82, 2.24) is 10.1 Å². The molecule has 1 amide bonds. The van der Waals surface area contributed by atoms with Gasteiger partial charge in [0.2, 0.25) is 0 Å². The molecule has 1 aromatic heterocycles. The molecule has 1 fully saturated rings. The van der Waals surface area contributed by atoms with Crippen LogP contribution < -0.4 is 5.43 Å². The number of nitrogens with zero attached hydrogens (tertiary/aromatic N) is 3. The van der Waals surface area contributed by atoms with Crippen LogP contribution in [-0.2, 0) is 0 Å². The minimum atomic E-state index is -0.101. The van der Waals surface area contributed by atoms with E-state index in [1.807, 2.05) is 17.9 Å². The van der Waals surface area contributed by atoms with Crippen LogP contribution in [-0.4, -0.2) is 47.3 Å². The predicted octanol–water partition coefficient (Wildman–Crippen LogP) is 2.94. The highest BCUT2D eigenvalue weighted by atomic mass is 16.5. The number of amides is 1. The van der Waals surface area contributed by atoms with E-state index < -0.39 is 0 Å². The van der Waals surface area contributed by atoms with Crippen LogP contribution in [0.1, 0.15) is 52.3 Å². The molecule has 8 heteroatoms. The lowest BCUT2D eigenvalue weighted by molar-refractivity contribution is 0.0597. The van der Waals surface area contributed by atoms with Gasteiger partial charge in [0, 0.05) is 30.8 Å². The predicted molar refractivity (Wildman–Crippen MR) is 102 cm³/mol. The summed E-state index contributed by atoms with van der Waals surface area (Å²) in [5.41, 5.74) is 4.16. The Morgan fingerprint density at radius 1 is 1.41 bits per heavy atom.